The lowest BCUT2D eigenvalue weighted by Crippen LogP contribution is -1.94. The Hall–Kier alpha value is -13.5. The lowest BCUT2D eigenvalue weighted by atomic mass is 9.82. The van der Waals surface area contributed by atoms with Gasteiger partial charge in [-0.15, -0.1) is 0 Å². The second-order valence-corrected chi connectivity index (χ2v) is 27.7. The molecule has 103 heavy (non-hydrogen) atoms. The van der Waals surface area contributed by atoms with Crippen LogP contribution in [0.3, 0.4) is 0 Å². The second kappa shape index (κ2) is 23.6. The summed E-state index contributed by atoms with van der Waals surface area (Å²) < 4.78 is 6.28. The van der Waals surface area contributed by atoms with Gasteiger partial charge in [-0.05, 0) is 240 Å². The van der Waals surface area contributed by atoms with Crippen molar-refractivity contribution in [3.8, 4) is 100 Å². The summed E-state index contributed by atoms with van der Waals surface area (Å²) in [6, 6.07) is 140. The molecule has 0 bridgehead atoms. The molecule has 21 aromatic rings. The zero-order valence-corrected chi connectivity index (χ0v) is 56.2. The monoisotopic (exact) mass is 1300 g/mol. The third-order valence-electron chi connectivity index (χ3n) is 22.0. The fraction of sp³-hybridized carbons (Fsp3) is 0. The Morgan fingerprint density at radius 2 is 0.466 bits per heavy atom. The van der Waals surface area contributed by atoms with Crippen LogP contribution < -0.4 is 0 Å². The highest BCUT2D eigenvalue weighted by molar-refractivity contribution is 6.25. The largest absolute Gasteiger partial charge is 0.456 e. The normalized spacial score (nSPS) is 11.9. The Balaban J connectivity index is 0.776. The maximum absolute atomic E-state index is 6.28. The molecule has 0 saturated heterocycles. The lowest BCUT2D eigenvalue weighted by molar-refractivity contribution is 0.669. The summed E-state index contributed by atoms with van der Waals surface area (Å²) in [5, 5.41) is 24.4. The van der Waals surface area contributed by atoms with E-state index in [4.69, 9.17) is 4.42 Å². The van der Waals surface area contributed by atoms with Crippen molar-refractivity contribution in [1.82, 2.24) is 0 Å². The predicted octanol–water partition coefficient (Wildman–Crippen LogP) is 29.0. The van der Waals surface area contributed by atoms with Crippen LogP contribution in [0.25, 0.3) is 219 Å². The maximum Gasteiger partial charge on any atom is 0.135 e. The molecule has 0 atom stereocenters. The highest BCUT2D eigenvalue weighted by atomic mass is 16.3. The number of hydrogen-bond acceptors (Lipinski definition) is 1. The molecule has 476 valence electrons. The van der Waals surface area contributed by atoms with Gasteiger partial charge in [-0.1, -0.05) is 334 Å². The Bertz CT molecular complexity index is 7070. The standard InChI is InChI=1S/C102H62O/c1-2-19-74-58-75(51-38-63(74)16-1)64-34-43-71(44-35-64)99-86-27-7-9-29-88(86)101(73-49-41-68(42-50-73)83-31-14-20-69-47-39-66-17-3-5-24-81(66)97(69)83)93-61-77(52-55-90(93)99)78-53-56-91-94(62-78)102(80-23-13-22-79(59-80)84-32-15-21-70-48-40-67-18-4-6-25-82(67)98(70)84)89-30-10-8-28-87(89)100(91)72-45-36-65(37-46-72)76-54-57-96-92(60-76)85-26-11-12-33-95(85)103-96/h1-62H. The minimum absolute atomic E-state index is 0.897. The first-order valence-electron chi connectivity index (χ1n) is 35.7. The Morgan fingerprint density at radius 1 is 0.136 bits per heavy atom. The summed E-state index contributed by atoms with van der Waals surface area (Å²) in [6.07, 6.45) is 0. The fourth-order valence-corrected chi connectivity index (χ4v) is 17.2. The lowest BCUT2D eigenvalue weighted by Gasteiger charge is -2.21. The van der Waals surface area contributed by atoms with Crippen LogP contribution in [0.4, 0.5) is 0 Å². The van der Waals surface area contributed by atoms with Crippen LogP contribution in [0.15, 0.2) is 381 Å². The molecule has 1 heterocycles. The molecule has 0 radical (unpaired) electrons. The van der Waals surface area contributed by atoms with Crippen molar-refractivity contribution in [2.24, 2.45) is 0 Å². The van der Waals surface area contributed by atoms with E-state index in [0.717, 1.165) is 49.8 Å². The van der Waals surface area contributed by atoms with Gasteiger partial charge in [0.05, 0.1) is 0 Å². The third kappa shape index (κ3) is 9.62. The van der Waals surface area contributed by atoms with Gasteiger partial charge in [-0.2, -0.15) is 0 Å². The van der Waals surface area contributed by atoms with Gasteiger partial charge in [-0.3, -0.25) is 0 Å². The summed E-state index contributed by atoms with van der Waals surface area (Å²) in [7, 11) is 0. The molecule has 0 amide bonds. The molecule has 21 rings (SSSR count). The van der Waals surface area contributed by atoms with Crippen LogP contribution in [-0.2, 0) is 0 Å². The summed E-state index contributed by atoms with van der Waals surface area (Å²) in [4.78, 5) is 0. The summed E-state index contributed by atoms with van der Waals surface area (Å²) in [6.45, 7) is 0. The number of benzene rings is 20. The number of rotatable bonds is 9. The van der Waals surface area contributed by atoms with E-state index in [1.54, 1.807) is 0 Å². The molecule has 20 aromatic carbocycles. The number of fused-ring (bicyclic) bond motifs is 14. The smallest absolute Gasteiger partial charge is 0.135 e. The predicted molar refractivity (Wildman–Crippen MR) is 440 cm³/mol. The molecule has 0 aliphatic heterocycles. The van der Waals surface area contributed by atoms with E-state index in [0.29, 0.717) is 0 Å². The highest BCUT2D eigenvalue weighted by Crippen LogP contribution is 2.50. The number of furan rings is 1. The molecule has 0 saturated carbocycles. The molecule has 0 fully saturated rings. The van der Waals surface area contributed by atoms with E-state index in [9.17, 15) is 0 Å². The average Bonchev–Trinajstić information content (AvgIpc) is 1.37. The van der Waals surface area contributed by atoms with E-state index in [-0.39, 0.29) is 0 Å². The van der Waals surface area contributed by atoms with Crippen LogP contribution in [0.1, 0.15) is 0 Å². The molecule has 0 N–H and O–H groups in total. The van der Waals surface area contributed by atoms with E-state index in [1.165, 1.54) is 169 Å². The zero-order valence-electron chi connectivity index (χ0n) is 56.2. The second-order valence-electron chi connectivity index (χ2n) is 27.7. The molecule has 1 heteroatoms. The summed E-state index contributed by atoms with van der Waals surface area (Å²) in [5.74, 6) is 0. The van der Waals surface area contributed by atoms with Gasteiger partial charge in [0.1, 0.15) is 11.2 Å². The van der Waals surface area contributed by atoms with Crippen LogP contribution >= 0.6 is 0 Å². The van der Waals surface area contributed by atoms with Crippen LogP contribution in [-0.4, -0.2) is 0 Å². The fourth-order valence-electron chi connectivity index (χ4n) is 17.2. The molecular weight excluding hydrogens is 1240 g/mol. The quantitative estimate of drug-likeness (QED) is 0.104. The van der Waals surface area contributed by atoms with E-state index in [2.05, 4.69) is 364 Å². The minimum atomic E-state index is 0.897. The van der Waals surface area contributed by atoms with Crippen molar-refractivity contribution in [3.63, 3.8) is 0 Å². The summed E-state index contributed by atoms with van der Waals surface area (Å²) in [5.41, 5.74) is 23.2. The molecule has 0 unspecified atom stereocenters. The average molecular weight is 1300 g/mol. The molecule has 0 spiro atoms. The Kier molecular flexibility index (Phi) is 13.4. The van der Waals surface area contributed by atoms with Gasteiger partial charge < -0.3 is 4.42 Å². The zero-order chi connectivity index (χ0) is 67.6. The maximum atomic E-state index is 6.28. The van der Waals surface area contributed by atoms with Gasteiger partial charge in [0, 0.05) is 10.8 Å². The highest BCUT2D eigenvalue weighted by Gasteiger charge is 2.23. The van der Waals surface area contributed by atoms with Gasteiger partial charge in [0.15, 0.2) is 0 Å². The molecule has 1 nitrogen and oxygen atoms in total. The van der Waals surface area contributed by atoms with Gasteiger partial charge >= 0.3 is 0 Å². The van der Waals surface area contributed by atoms with E-state index < -0.39 is 0 Å². The topological polar surface area (TPSA) is 13.1 Å². The number of para-hydroxylation sites is 1. The van der Waals surface area contributed by atoms with Gasteiger partial charge in [0.25, 0.3) is 0 Å². The van der Waals surface area contributed by atoms with Crippen LogP contribution in [0.2, 0.25) is 0 Å². The molecular formula is C102H62O. The van der Waals surface area contributed by atoms with Crippen LogP contribution in [0, 0.1) is 0 Å². The van der Waals surface area contributed by atoms with E-state index in [1.807, 2.05) is 12.1 Å². The Morgan fingerprint density at radius 3 is 1.03 bits per heavy atom. The minimum Gasteiger partial charge on any atom is -0.456 e. The van der Waals surface area contributed by atoms with Crippen molar-refractivity contribution in [2.75, 3.05) is 0 Å². The number of hydrogen-bond donors (Lipinski definition) is 0. The van der Waals surface area contributed by atoms with Gasteiger partial charge in [0.2, 0.25) is 0 Å². The Labute approximate surface area is 595 Å². The van der Waals surface area contributed by atoms with Crippen LogP contribution in [0.5, 0.6) is 0 Å². The first kappa shape index (κ1) is 58.5. The molecule has 0 aliphatic rings. The van der Waals surface area contributed by atoms with Crippen molar-refractivity contribution >= 4 is 119 Å². The van der Waals surface area contributed by atoms with Crippen molar-refractivity contribution in [2.45, 2.75) is 0 Å². The third-order valence-corrected chi connectivity index (χ3v) is 22.0. The van der Waals surface area contributed by atoms with Crippen molar-refractivity contribution in [1.29, 1.82) is 0 Å². The van der Waals surface area contributed by atoms with Crippen molar-refractivity contribution in [3.05, 3.63) is 376 Å². The van der Waals surface area contributed by atoms with Crippen molar-refractivity contribution < 1.29 is 4.42 Å². The van der Waals surface area contributed by atoms with E-state index >= 15 is 0 Å². The SMILES string of the molecule is c1cc(-c2c3ccccc3c(-c3ccc(-c4ccc5oc6ccccc6c5c4)cc3)c3ccc(-c4ccc5c(-c6ccc(-c7ccc8ccccc8c7)cc6)c6ccccc6c(-c6ccc(-c7cccc8ccc9ccccc9c78)cc6)c5c4)cc23)cc(-c2cccc3ccc4ccccc4c23)c1. The first-order valence-corrected chi connectivity index (χ1v) is 35.7. The molecule has 1 aromatic heterocycles. The van der Waals surface area contributed by atoms with Gasteiger partial charge in [-0.25, -0.2) is 0 Å². The summed E-state index contributed by atoms with van der Waals surface area (Å²) >= 11 is 0. The first-order chi connectivity index (χ1) is 51.0. The molecule has 0 aliphatic carbocycles.